The van der Waals surface area contributed by atoms with Gasteiger partial charge in [-0.2, -0.15) is 5.26 Å². The Bertz CT molecular complexity index is 749. The fourth-order valence-corrected chi connectivity index (χ4v) is 2.95. The Kier molecular flexibility index (Phi) is 4.82. The van der Waals surface area contributed by atoms with Crippen molar-refractivity contribution in [1.29, 1.82) is 5.26 Å². The summed E-state index contributed by atoms with van der Waals surface area (Å²) >= 11 is 9.21. The zero-order chi connectivity index (χ0) is 15.6. The summed E-state index contributed by atoms with van der Waals surface area (Å²) in [7, 11) is 0. The van der Waals surface area contributed by atoms with Crippen molar-refractivity contribution in [2.45, 2.75) is 19.8 Å². The quantitative estimate of drug-likeness (QED) is 0.703. The summed E-state index contributed by atoms with van der Waals surface area (Å²) < 4.78 is 0.601. The summed E-state index contributed by atoms with van der Waals surface area (Å²) in [4.78, 5) is 12.6. The average Bonchev–Trinajstić information content (AvgIpc) is 2.43. The molecule has 1 unspecified atom stereocenters. The van der Waals surface area contributed by atoms with Crippen LogP contribution in [0.5, 0.6) is 0 Å². The molecule has 21 heavy (non-hydrogen) atoms. The molecule has 0 aliphatic carbocycles. The van der Waals surface area contributed by atoms with Crippen LogP contribution in [0, 0.1) is 25.2 Å². The molecule has 0 aliphatic rings. The van der Waals surface area contributed by atoms with E-state index >= 15 is 0 Å². The summed E-state index contributed by atoms with van der Waals surface area (Å²) in [5.41, 5.74) is 3.38. The van der Waals surface area contributed by atoms with E-state index in [4.69, 9.17) is 11.6 Å². The number of nitrogens with zero attached hydrogens (tertiary/aromatic N) is 1. The Morgan fingerprint density at radius 3 is 2.48 bits per heavy atom. The first kappa shape index (κ1) is 15.8. The number of aryl methyl sites for hydroxylation is 2. The number of hydrogen-bond donors (Lipinski definition) is 0. The first-order valence-corrected chi connectivity index (χ1v) is 7.57. The van der Waals surface area contributed by atoms with Gasteiger partial charge in [0.15, 0.2) is 5.78 Å². The second kappa shape index (κ2) is 6.43. The molecule has 0 amide bonds. The number of Topliss-reactive ketones (excluding diaryl/α,β-unsaturated/α-hetero) is 1. The summed E-state index contributed by atoms with van der Waals surface area (Å²) in [6.45, 7) is 3.97. The normalized spacial score (nSPS) is 11.8. The molecule has 4 heteroatoms. The van der Waals surface area contributed by atoms with Crippen molar-refractivity contribution in [2.75, 3.05) is 0 Å². The van der Waals surface area contributed by atoms with Gasteiger partial charge in [-0.05, 0) is 64.7 Å². The summed E-state index contributed by atoms with van der Waals surface area (Å²) in [6, 6.07) is 12.7. The smallest absolute Gasteiger partial charge is 0.185 e. The van der Waals surface area contributed by atoms with Gasteiger partial charge in [-0.15, -0.1) is 0 Å². The van der Waals surface area contributed by atoms with Crippen LogP contribution in [0.3, 0.4) is 0 Å². The molecule has 0 spiro atoms. The third-order valence-electron chi connectivity index (χ3n) is 3.45. The molecule has 0 bridgehead atoms. The Morgan fingerprint density at radius 1 is 1.19 bits per heavy atom. The molecule has 1 atom stereocenters. The molecular formula is C17H13BrClNO. The van der Waals surface area contributed by atoms with Crippen LogP contribution in [0.15, 0.2) is 40.9 Å². The van der Waals surface area contributed by atoms with Crippen molar-refractivity contribution in [2.24, 2.45) is 0 Å². The number of rotatable bonds is 3. The molecule has 0 aromatic heterocycles. The lowest BCUT2D eigenvalue weighted by Crippen LogP contribution is -2.12. The third-order valence-corrected chi connectivity index (χ3v) is 4.34. The standard InChI is InChI=1S/C17H13BrClNO/c1-10-3-4-12(7-11(10)2)15(9-20)17(21)14-6-5-13(19)8-16(14)18/h3-8,15H,1-2H3. The second-order valence-corrected chi connectivity index (χ2v) is 6.19. The lowest BCUT2D eigenvalue weighted by Gasteiger charge is -2.12. The van der Waals surface area contributed by atoms with Gasteiger partial charge in [0, 0.05) is 15.1 Å². The molecule has 2 aromatic carbocycles. The summed E-state index contributed by atoms with van der Waals surface area (Å²) in [5.74, 6) is -1.05. The summed E-state index contributed by atoms with van der Waals surface area (Å²) in [6.07, 6.45) is 0. The van der Waals surface area contributed by atoms with Gasteiger partial charge in [-0.25, -0.2) is 0 Å². The monoisotopic (exact) mass is 361 g/mol. The van der Waals surface area contributed by atoms with E-state index in [9.17, 15) is 10.1 Å². The largest absolute Gasteiger partial charge is 0.292 e. The van der Waals surface area contributed by atoms with Gasteiger partial charge in [0.2, 0.25) is 0 Å². The van der Waals surface area contributed by atoms with Crippen LogP contribution >= 0.6 is 27.5 Å². The van der Waals surface area contributed by atoms with Gasteiger partial charge >= 0.3 is 0 Å². The number of hydrogen-bond acceptors (Lipinski definition) is 2. The molecular weight excluding hydrogens is 350 g/mol. The van der Waals surface area contributed by atoms with E-state index < -0.39 is 5.92 Å². The van der Waals surface area contributed by atoms with Gasteiger partial charge < -0.3 is 0 Å². The zero-order valence-corrected chi connectivity index (χ0v) is 14.0. The van der Waals surface area contributed by atoms with Crippen LogP contribution in [0.4, 0.5) is 0 Å². The predicted octanol–water partition coefficient (Wildman–Crippen LogP) is 5.21. The molecule has 106 valence electrons. The highest BCUT2D eigenvalue weighted by molar-refractivity contribution is 9.10. The molecule has 2 aromatic rings. The van der Waals surface area contributed by atoms with Crippen molar-refractivity contribution < 1.29 is 4.79 Å². The lowest BCUT2D eigenvalue weighted by atomic mass is 9.90. The van der Waals surface area contributed by atoms with Gasteiger partial charge in [-0.3, -0.25) is 4.79 Å². The average molecular weight is 363 g/mol. The topological polar surface area (TPSA) is 40.9 Å². The lowest BCUT2D eigenvalue weighted by molar-refractivity contribution is 0.0978. The number of carbonyl (C=O) groups excluding carboxylic acids is 1. The number of ketones is 1. The van der Waals surface area contributed by atoms with E-state index in [1.807, 2.05) is 32.0 Å². The molecule has 0 fully saturated rings. The van der Waals surface area contributed by atoms with Crippen LogP contribution in [0.1, 0.15) is 33.0 Å². The minimum atomic E-state index is -0.818. The molecule has 2 rings (SSSR count). The highest BCUT2D eigenvalue weighted by atomic mass is 79.9. The maximum atomic E-state index is 12.6. The highest BCUT2D eigenvalue weighted by Crippen LogP contribution is 2.28. The van der Waals surface area contributed by atoms with E-state index in [-0.39, 0.29) is 5.78 Å². The fourth-order valence-electron chi connectivity index (χ4n) is 2.07. The molecule has 0 aliphatic heterocycles. The van der Waals surface area contributed by atoms with E-state index in [0.717, 1.165) is 11.1 Å². The number of carbonyl (C=O) groups is 1. The number of halogens is 2. The Balaban J connectivity index is 2.43. The molecule has 2 nitrogen and oxygen atoms in total. The summed E-state index contributed by atoms with van der Waals surface area (Å²) in [5, 5.41) is 9.94. The minimum absolute atomic E-state index is 0.232. The van der Waals surface area contributed by atoms with Crippen molar-refractivity contribution in [3.63, 3.8) is 0 Å². The number of nitriles is 1. The molecule has 0 saturated heterocycles. The second-order valence-electron chi connectivity index (χ2n) is 4.89. The van der Waals surface area contributed by atoms with E-state index in [2.05, 4.69) is 22.0 Å². The number of benzene rings is 2. The first-order chi connectivity index (χ1) is 9.93. The Hall–Kier alpha value is -1.63. The molecule has 0 heterocycles. The Morgan fingerprint density at radius 2 is 1.90 bits per heavy atom. The van der Waals surface area contributed by atoms with Crippen LogP contribution in [-0.4, -0.2) is 5.78 Å². The van der Waals surface area contributed by atoms with Gasteiger partial charge in [0.05, 0.1) is 6.07 Å². The molecule has 0 N–H and O–H groups in total. The van der Waals surface area contributed by atoms with Crippen molar-refractivity contribution in [1.82, 2.24) is 0 Å². The van der Waals surface area contributed by atoms with Crippen LogP contribution < -0.4 is 0 Å². The SMILES string of the molecule is Cc1ccc(C(C#N)C(=O)c2ccc(Cl)cc2Br)cc1C. The van der Waals surface area contributed by atoms with Gasteiger partial charge in [-0.1, -0.05) is 29.8 Å². The van der Waals surface area contributed by atoms with E-state index in [0.29, 0.717) is 20.6 Å². The zero-order valence-electron chi connectivity index (χ0n) is 11.7. The first-order valence-electron chi connectivity index (χ1n) is 6.40. The van der Waals surface area contributed by atoms with Gasteiger partial charge in [0.1, 0.15) is 5.92 Å². The van der Waals surface area contributed by atoms with E-state index in [1.165, 1.54) is 0 Å². The van der Waals surface area contributed by atoms with Crippen LogP contribution in [0.25, 0.3) is 0 Å². The van der Waals surface area contributed by atoms with E-state index in [1.54, 1.807) is 18.2 Å². The van der Waals surface area contributed by atoms with Crippen LogP contribution in [-0.2, 0) is 0 Å². The van der Waals surface area contributed by atoms with Crippen molar-refractivity contribution in [3.8, 4) is 6.07 Å². The van der Waals surface area contributed by atoms with Crippen LogP contribution in [0.2, 0.25) is 5.02 Å². The maximum Gasteiger partial charge on any atom is 0.185 e. The molecule has 0 radical (unpaired) electrons. The fraction of sp³-hybridized carbons (Fsp3) is 0.176. The third kappa shape index (κ3) is 3.34. The van der Waals surface area contributed by atoms with Crippen molar-refractivity contribution >= 4 is 33.3 Å². The van der Waals surface area contributed by atoms with Gasteiger partial charge in [0.25, 0.3) is 0 Å². The molecule has 0 saturated carbocycles. The maximum absolute atomic E-state index is 12.6. The predicted molar refractivity (Wildman–Crippen MR) is 87.8 cm³/mol. The minimum Gasteiger partial charge on any atom is -0.292 e. The Labute approximate surface area is 137 Å². The highest BCUT2D eigenvalue weighted by Gasteiger charge is 2.23. The van der Waals surface area contributed by atoms with Crippen molar-refractivity contribution in [3.05, 3.63) is 68.1 Å².